The molecule has 0 fully saturated rings. The third-order valence-corrected chi connectivity index (χ3v) is 4.63. The third kappa shape index (κ3) is 4.36. The van der Waals surface area contributed by atoms with Crippen LogP contribution in [0, 0.1) is 6.92 Å². The van der Waals surface area contributed by atoms with Crippen molar-refractivity contribution in [3.05, 3.63) is 75.9 Å². The molecule has 0 aliphatic heterocycles. The number of furan rings is 1. The molecule has 0 spiro atoms. The molecule has 6 heteroatoms. The van der Waals surface area contributed by atoms with E-state index in [2.05, 4.69) is 5.32 Å². The lowest BCUT2D eigenvalue weighted by atomic mass is 10.2. The van der Waals surface area contributed by atoms with E-state index in [1.54, 1.807) is 18.2 Å². The highest BCUT2D eigenvalue weighted by atomic mass is 32.1. The van der Waals surface area contributed by atoms with E-state index in [0.717, 1.165) is 10.4 Å². The molecule has 0 atom stereocenters. The largest absolute Gasteiger partial charge is 0.484 e. The van der Waals surface area contributed by atoms with Gasteiger partial charge in [-0.3, -0.25) is 9.59 Å². The number of amides is 1. The van der Waals surface area contributed by atoms with Gasteiger partial charge in [-0.15, -0.1) is 11.3 Å². The topological polar surface area (TPSA) is 68.5 Å². The van der Waals surface area contributed by atoms with E-state index in [-0.39, 0.29) is 18.3 Å². The predicted molar refractivity (Wildman–Crippen MR) is 95.0 cm³/mol. The van der Waals surface area contributed by atoms with Crippen molar-refractivity contribution < 1.29 is 18.7 Å². The smallest absolute Gasteiger partial charge is 0.258 e. The minimum Gasteiger partial charge on any atom is -0.484 e. The van der Waals surface area contributed by atoms with Crippen LogP contribution in [0.15, 0.2) is 59.2 Å². The van der Waals surface area contributed by atoms with Crippen LogP contribution >= 0.6 is 11.3 Å². The molecule has 2 heterocycles. The minimum absolute atomic E-state index is 0.0472. The number of ketones is 1. The second-order valence-electron chi connectivity index (χ2n) is 5.40. The second-order valence-corrected chi connectivity index (χ2v) is 6.57. The Morgan fingerprint density at radius 3 is 2.72 bits per heavy atom. The molecule has 2 aromatic heterocycles. The summed E-state index contributed by atoms with van der Waals surface area (Å²) in [4.78, 5) is 25.5. The number of rotatable bonds is 7. The Kier molecular flexibility index (Phi) is 5.30. The van der Waals surface area contributed by atoms with E-state index >= 15 is 0 Å². The van der Waals surface area contributed by atoms with Crippen LogP contribution in [-0.4, -0.2) is 18.3 Å². The van der Waals surface area contributed by atoms with Gasteiger partial charge in [0.15, 0.2) is 12.4 Å². The number of carbonyl (C=O) groups is 2. The molecule has 3 aromatic rings. The average molecular weight is 355 g/mol. The molecule has 0 saturated carbocycles. The summed E-state index contributed by atoms with van der Waals surface area (Å²) in [7, 11) is 0. The zero-order valence-corrected chi connectivity index (χ0v) is 14.5. The summed E-state index contributed by atoms with van der Waals surface area (Å²) in [5.41, 5.74) is 0.981. The van der Waals surface area contributed by atoms with Crippen LogP contribution in [0.4, 0.5) is 0 Å². The lowest BCUT2D eigenvalue weighted by Crippen LogP contribution is -2.28. The Balaban J connectivity index is 1.49. The van der Waals surface area contributed by atoms with Gasteiger partial charge in [0.25, 0.3) is 5.91 Å². The van der Waals surface area contributed by atoms with Crippen LogP contribution in [0.25, 0.3) is 0 Å². The Morgan fingerprint density at radius 2 is 1.96 bits per heavy atom. The van der Waals surface area contributed by atoms with Gasteiger partial charge >= 0.3 is 0 Å². The highest BCUT2D eigenvalue weighted by Crippen LogP contribution is 2.20. The van der Waals surface area contributed by atoms with Crippen molar-refractivity contribution in [2.24, 2.45) is 0 Å². The van der Waals surface area contributed by atoms with Gasteiger partial charge < -0.3 is 14.5 Å². The fourth-order valence-corrected chi connectivity index (χ4v) is 3.11. The van der Waals surface area contributed by atoms with Crippen LogP contribution in [-0.2, 0) is 11.3 Å². The monoisotopic (exact) mass is 355 g/mol. The summed E-state index contributed by atoms with van der Waals surface area (Å²) >= 11 is 1.33. The number of aryl methyl sites for hydroxylation is 1. The molecule has 3 rings (SSSR count). The number of hydrogen-bond donors (Lipinski definition) is 1. The van der Waals surface area contributed by atoms with E-state index in [1.807, 2.05) is 37.3 Å². The van der Waals surface area contributed by atoms with E-state index in [0.29, 0.717) is 22.9 Å². The first-order valence-electron chi connectivity index (χ1n) is 7.75. The fourth-order valence-electron chi connectivity index (χ4n) is 2.22. The van der Waals surface area contributed by atoms with Gasteiger partial charge in [-0.25, -0.2) is 0 Å². The van der Waals surface area contributed by atoms with Crippen LogP contribution in [0.2, 0.25) is 0 Å². The van der Waals surface area contributed by atoms with Crippen LogP contribution in [0.5, 0.6) is 5.75 Å². The quantitative estimate of drug-likeness (QED) is 0.658. The van der Waals surface area contributed by atoms with Crippen molar-refractivity contribution in [1.29, 1.82) is 0 Å². The molecule has 1 N–H and O–H groups in total. The van der Waals surface area contributed by atoms with Crippen molar-refractivity contribution in [3.8, 4) is 5.75 Å². The maximum Gasteiger partial charge on any atom is 0.258 e. The number of nitrogens with one attached hydrogen (secondary N) is 1. The first-order chi connectivity index (χ1) is 12.1. The van der Waals surface area contributed by atoms with Gasteiger partial charge in [-0.2, -0.15) is 0 Å². The van der Waals surface area contributed by atoms with E-state index < -0.39 is 0 Å². The molecule has 1 amide bonds. The maximum atomic E-state index is 12.2. The van der Waals surface area contributed by atoms with Crippen molar-refractivity contribution in [1.82, 2.24) is 5.32 Å². The zero-order valence-electron chi connectivity index (χ0n) is 13.7. The third-order valence-electron chi connectivity index (χ3n) is 3.54. The van der Waals surface area contributed by atoms with Crippen molar-refractivity contribution >= 4 is 23.0 Å². The Bertz CT molecular complexity index is 867. The summed E-state index contributed by atoms with van der Waals surface area (Å²) in [5.74, 6) is 0.634. The first-order valence-corrected chi connectivity index (χ1v) is 8.57. The molecule has 25 heavy (non-hydrogen) atoms. The van der Waals surface area contributed by atoms with E-state index in [4.69, 9.17) is 9.15 Å². The number of benzene rings is 1. The standard InChI is InChI=1S/C19H17NO4S/c1-13-5-2-3-6-15(13)24-12-18(21)20-11-14-8-9-17(25-14)19(22)16-7-4-10-23-16/h2-10H,11-12H2,1H3,(H,20,21). The van der Waals surface area contributed by atoms with Gasteiger partial charge in [-0.05, 0) is 42.8 Å². The normalized spacial score (nSPS) is 10.4. The highest BCUT2D eigenvalue weighted by molar-refractivity contribution is 7.14. The molecular formula is C19H17NO4S. The molecule has 0 unspecified atom stereocenters. The van der Waals surface area contributed by atoms with Gasteiger partial charge in [0.2, 0.25) is 5.78 Å². The molecule has 128 valence electrons. The van der Waals surface area contributed by atoms with Gasteiger partial charge in [-0.1, -0.05) is 18.2 Å². The first kappa shape index (κ1) is 17.0. The van der Waals surface area contributed by atoms with Crippen molar-refractivity contribution in [3.63, 3.8) is 0 Å². The van der Waals surface area contributed by atoms with Crippen molar-refractivity contribution in [2.75, 3.05) is 6.61 Å². The maximum absolute atomic E-state index is 12.2. The van der Waals surface area contributed by atoms with Crippen LogP contribution in [0.1, 0.15) is 25.9 Å². The SMILES string of the molecule is Cc1ccccc1OCC(=O)NCc1ccc(C(=O)c2ccco2)s1. The lowest BCUT2D eigenvalue weighted by molar-refractivity contribution is -0.123. The molecule has 5 nitrogen and oxygen atoms in total. The molecule has 0 bridgehead atoms. The molecule has 0 aliphatic carbocycles. The number of carbonyl (C=O) groups excluding carboxylic acids is 2. The summed E-state index contributed by atoms with van der Waals surface area (Å²) in [6.45, 7) is 2.23. The molecule has 0 aliphatic rings. The van der Waals surface area contributed by atoms with E-state index in [9.17, 15) is 9.59 Å². The zero-order chi connectivity index (χ0) is 17.6. The minimum atomic E-state index is -0.212. The van der Waals surface area contributed by atoms with E-state index in [1.165, 1.54) is 17.6 Å². The molecule has 0 radical (unpaired) electrons. The summed E-state index contributed by atoms with van der Waals surface area (Å²) in [5, 5.41) is 2.79. The Hall–Kier alpha value is -2.86. The number of ether oxygens (including phenoxy) is 1. The van der Waals surface area contributed by atoms with Crippen LogP contribution < -0.4 is 10.1 Å². The molecule has 1 aromatic carbocycles. The molecule has 0 saturated heterocycles. The number of para-hydroxylation sites is 1. The Labute approximate surface area is 149 Å². The number of thiophene rings is 1. The Morgan fingerprint density at radius 1 is 1.12 bits per heavy atom. The second kappa shape index (κ2) is 7.81. The van der Waals surface area contributed by atoms with Crippen LogP contribution in [0.3, 0.4) is 0 Å². The summed E-state index contributed by atoms with van der Waals surface area (Å²) < 4.78 is 10.6. The lowest BCUT2D eigenvalue weighted by Gasteiger charge is -2.08. The molecular weight excluding hydrogens is 338 g/mol. The highest BCUT2D eigenvalue weighted by Gasteiger charge is 2.14. The van der Waals surface area contributed by atoms with Crippen molar-refractivity contribution in [2.45, 2.75) is 13.5 Å². The predicted octanol–water partition coefficient (Wildman–Crippen LogP) is 3.58. The summed E-state index contributed by atoms with van der Waals surface area (Å²) in [6.07, 6.45) is 1.47. The van der Waals surface area contributed by atoms with Gasteiger partial charge in [0.05, 0.1) is 17.7 Å². The van der Waals surface area contributed by atoms with Gasteiger partial charge in [0, 0.05) is 4.88 Å². The van der Waals surface area contributed by atoms with Gasteiger partial charge in [0.1, 0.15) is 5.75 Å². The fraction of sp³-hybridized carbons (Fsp3) is 0.158. The summed E-state index contributed by atoms with van der Waals surface area (Å²) in [6, 6.07) is 14.4. The average Bonchev–Trinajstić information content (AvgIpc) is 3.30. The number of hydrogen-bond acceptors (Lipinski definition) is 5.